The van der Waals surface area contributed by atoms with Crippen molar-refractivity contribution in [1.82, 2.24) is 14.6 Å². The second kappa shape index (κ2) is 8.30. The minimum Gasteiger partial charge on any atom is -0.392 e. The molecule has 0 bridgehead atoms. The van der Waals surface area contributed by atoms with E-state index in [0.29, 0.717) is 29.4 Å². The highest BCUT2D eigenvalue weighted by Crippen LogP contribution is 2.17. The van der Waals surface area contributed by atoms with Gasteiger partial charge in [0.25, 0.3) is 5.91 Å². The number of fused-ring (bicyclic) bond motifs is 1. The summed E-state index contributed by atoms with van der Waals surface area (Å²) in [4.78, 5) is 18.9. The second-order valence-electron chi connectivity index (χ2n) is 6.90. The minimum absolute atomic E-state index is 0.0559. The van der Waals surface area contributed by atoms with E-state index in [1.54, 1.807) is 42.5 Å². The SMILES string of the molecule is CN(Cc1ccc(F)cc1)c1ccc2ncc(C(=O)Nc3ccc(CO)cc3)n2n1. The number of aromatic nitrogens is 3. The predicted octanol–water partition coefficient (Wildman–Crippen LogP) is 3.25. The van der Waals surface area contributed by atoms with Crippen molar-refractivity contribution < 1.29 is 14.3 Å². The molecular weight excluding hydrogens is 385 g/mol. The number of carbonyl (C=O) groups is 1. The molecule has 152 valence electrons. The Morgan fingerprint density at radius 2 is 1.77 bits per heavy atom. The predicted molar refractivity (Wildman–Crippen MR) is 112 cm³/mol. The third-order valence-corrected chi connectivity index (χ3v) is 4.70. The maximum atomic E-state index is 13.1. The highest BCUT2D eigenvalue weighted by molar-refractivity contribution is 6.03. The topological polar surface area (TPSA) is 82.8 Å². The van der Waals surface area contributed by atoms with Crippen LogP contribution < -0.4 is 10.2 Å². The van der Waals surface area contributed by atoms with Crippen LogP contribution in [0.4, 0.5) is 15.9 Å². The summed E-state index contributed by atoms with van der Waals surface area (Å²) in [6.07, 6.45) is 1.48. The van der Waals surface area contributed by atoms with Crippen LogP contribution in [0.3, 0.4) is 0 Å². The summed E-state index contributed by atoms with van der Waals surface area (Å²) >= 11 is 0. The average molecular weight is 405 g/mol. The lowest BCUT2D eigenvalue weighted by molar-refractivity contribution is 0.102. The molecule has 2 N–H and O–H groups in total. The maximum absolute atomic E-state index is 13.1. The van der Waals surface area contributed by atoms with Gasteiger partial charge < -0.3 is 15.3 Å². The molecule has 4 rings (SSSR count). The fourth-order valence-electron chi connectivity index (χ4n) is 3.06. The fraction of sp³-hybridized carbons (Fsp3) is 0.136. The molecule has 2 aromatic heterocycles. The first kappa shape index (κ1) is 19.5. The largest absolute Gasteiger partial charge is 0.392 e. The smallest absolute Gasteiger partial charge is 0.276 e. The van der Waals surface area contributed by atoms with Crippen LogP contribution in [0, 0.1) is 5.82 Å². The summed E-state index contributed by atoms with van der Waals surface area (Å²) in [6, 6.07) is 16.8. The van der Waals surface area contributed by atoms with Crippen molar-refractivity contribution in [2.24, 2.45) is 0 Å². The number of aliphatic hydroxyl groups excluding tert-OH is 1. The van der Waals surface area contributed by atoms with Crippen LogP contribution in [-0.4, -0.2) is 32.7 Å². The number of amides is 1. The molecule has 1 amide bonds. The molecule has 0 aliphatic carbocycles. The number of imidazole rings is 1. The van der Waals surface area contributed by atoms with Crippen LogP contribution in [0.25, 0.3) is 5.65 Å². The lowest BCUT2D eigenvalue weighted by atomic mass is 10.2. The summed E-state index contributed by atoms with van der Waals surface area (Å²) in [7, 11) is 1.87. The molecule has 7 nitrogen and oxygen atoms in total. The van der Waals surface area contributed by atoms with Gasteiger partial charge in [-0.3, -0.25) is 4.79 Å². The first-order valence-corrected chi connectivity index (χ1v) is 9.35. The number of anilines is 2. The lowest BCUT2D eigenvalue weighted by Gasteiger charge is -2.18. The number of halogens is 1. The van der Waals surface area contributed by atoms with Crippen molar-refractivity contribution in [2.45, 2.75) is 13.2 Å². The summed E-state index contributed by atoms with van der Waals surface area (Å²) < 4.78 is 14.6. The third-order valence-electron chi connectivity index (χ3n) is 4.70. The van der Waals surface area contributed by atoms with Gasteiger partial charge >= 0.3 is 0 Å². The first-order valence-electron chi connectivity index (χ1n) is 9.35. The number of carbonyl (C=O) groups excluding carboxylic acids is 1. The monoisotopic (exact) mass is 405 g/mol. The van der Waals surface area contributed by atoms with E-state index in [9.17, 15) is 9.18 Å². The Balaban J connectivity index is 1.55. The van der Waals surface area contributed by atoms with Crippen LogP contribution in [-0.2, 0) is 13.2 Å². The Labute approximate surface area is 172 Å². The summed E-state index contributed by atoms with van der Waals surface area (Å²) in [5, 5.41) is 16.5. The zero-order valence-corrected chi connectivity index (χ0v) is 16.3. The zero-order chi connectivity index (χ0) is 21.1. The molecule has 4 aromatic rings. The Morgan fingerprint density at radius 3 is 2.47 bits per heavy atom. The van der Waals surface area contributed by atoms with E-state index in [0.717, 1.165) is 11.1 Å². The molecule has 0 aliphatic rings. The maximum Gasteiger partial charge on any atom is 0.276 e. The lowest BCUT2D eigenvalue weighted by Crippen LogP contribution is -2.20. The van der Waals surface area contributed by atoms with Gasteiger partial charge in [0.05, 0.1) is 12.8 Å². The number of benzene rings is 2. The standard InChI is InChI=1S/C22H20FN5O2/c1-27(13-15-2-6-17(23)7-3-15)21-11-10-20-24-12-19(28(20)26-21)22(30)25-18-8-4-16(14-29)5-9-18/h2-12,29H,13-14H2,1H3,(H,25,30). The molecule has 8 heteroatoms. The van der Waals surface area contributed by atoms with Crippen molar-refractivity contribution in [3.8, 4) is 0 Å². The molecule has 0 fully saturated rings. The van der Waals surface area contributed by atoms with Gasteiger partial charge in [0.2, 0.25) is 0 Å². The van der Waals surface area contributed by atoms with Crippen molar-refractivity contribution in [3.05, 3.63) is 89.5 Å². The van der Waals surface area contributed by atoms with E-state index in [2.05, 4.69) is 15.4 Å². The highest BCUT2D eigenvalue weighted by atomic mass is 19.1. The van der Waals surface area contributed by atoms with Crippen LogP contribution in [0.5, 0.6) is 0 Å². The average Bonchev–Trinajstić information content (AvgIpc) is 3.19. The van der Waals surface area contributed by atoms with E-state index >= 15 is 0 Å². The van der Waals surface area contributed by atoms with Gasteiger partial charge in [-0.25, -0.2) is 13.9 Å². The minimum atomic E-state index is -0.343. The number of nitrogens with one attached hydrogen (secondary N) is 1. The molecule has 0 saturated heterocycles. The normalized spacial score (nSPS) is 10.9. The fourth-order valence-corrected chi connectivity index (χ4v) is 3.06. The van der Waals surface area contributed by atoms with Gasteiger partial charge in [0, 0.05) is 19.3 Å². The first-order chi connectivity index (χ1) is 14.5. The van der Waals surface area contributed by atoms with Gasteiger partial charge in [0.15, 0.2) is 11.3 Å². The van der Waals surface area contributed by atoms with Crippen LogP contribution in [0.2, 0.25) is 0 Å². The van der Waals surface area contributed by atoms with Gasteiger partial charge in [-0.15, -0.1) is 5.10 Å². The van der Waals surface area contributed by atoms with Gasteiger partial charge in [-0.2, -0.15) is 0 Å². The highest BCUT2D eigenvalue weighted by Gasteiger charge is 2.15. The van der Waals surface area contributed by atoms with Gasteiger partial charge in [-0.1, -0.05) is 24.3 Å². The Morgan fingerprint density at radius 1 is 1.07 bits per heavy atom. The molecule has 0 aliphatic heterocycles. The summed E-state index contributed by atoms with van der Waals surface area (Å²) in [6.45, 7) is 0.478. The zero-order valence-electron chi connectivity index (χ0n) is 16.3. The third kappa shape index (κ3) is 4.13. The Bertz CT molecular complexity index is 1170. The van der Waals surface area contributed by atoms with E-state index in [4.69, 9.17) is 5.11 Å². The van der Waals surface area contributed by atoms with E-state index in [-0.39, 0.29) is 18.3 Å². The Kier molecular flexibility index (Phi) is 5.40. The molecule has 0 saturated carbocycles. The van der Waals surface area contributed by atoms with E-state index in [1.165, 1.54) is 22.8 Å². The summed E-state index contributed by atoms with van der Waals surface area (Å²) in [5.74, 6) is 0.0253. The molecular formula is C22H20FN5O2. The van der Waals surface area contributed by atoms with Crippen LogP contribution in [0.1, 0.15) is 21.6 Å². The molecule has 0 spiro atoms. The molecule has 2 aromatic carbocycles. The number of hydrogen-bond donors (Lipinski definition) is 2. The molecule has 0 atom stereocenters. The van der Waals surface area contributed by atoms with Crippen molar-refractivity contribution in [1.29, 1.82) is 0 Å². The van der Waals surface area contributed by atoms with E-state index < -0.39 is 0 Å². The quantitative estimate of drug-likeness (QED) is 0.515. The number of aliphatic hydroxyl groups is 1. The van der Waals surface area contributed by atoms with Crippen LogP contribution in [0.15, 0.2) is 66.9 Å². The number of hydrogen-bond acceptors (Lipinski definition) is 5. The van der Waals surface area contributed by atoms with Crippen molar-refractivity contribution in [2.75, 3.05) is 17.3 Å². The second-order valence-corrected chi connectivity index (χ2v) is 6.90. The van der Waals surface area contributed by atoms with Crippen molar-refractivity contribution in [3.63, 3.8) is 0 Å². The summed E-state index contributed by atoms with van der Waals surface area (Å²) in [5.41, 5.74) is 3.16. The molecule has 30 heavy (non-hydrogen) atoms. The number of rotatable bonds is 6. The van der Waals surface area contributed by atoms with Crippen LogP contribution >= 0.6 is 0 Å². The van der Waals surface area contributed by atoms with Gasteiger partial charge in [0.1, 0.15) is 11.6 Å². The number of nitrogens with zero attached hydrogens (tertiary/aromatic N) is 4. The van der Waals surface area contributed by atoms with E-state index in [1.807, 2.05) is 18.0 Å². The molecule has 2 heterocycles. The molecule has 0 radical (unpaired) electrons. The molecule has 0 unspecified atom stereocenters. The van der Waals surface area contributed by atoms with Gasteiger partial charge in [-0.05, 0) is 47.5 Å². The Hall–Kier alpha value is -3.78. The van der Waals surface area contributed by atoms with Crippen molar-refractivity contribution >= 4 is 23.1 Å².